The summed E-state index contributed by atoms with van der Waals surface area (Å²) in [7, 11) is 0. The second-order valence-electron chi connectivity index (χ2n) is 12.1. The molecule has 0 aliphatic carbocycles. The fourth-order valence-electron chi connectivity index (χ4n) is 6.53. The van der Waals surface area contributed by atoms with Crippen LogP contribution in [0.25, 0.3) is 28.0 Å². The first-order chi connectivity index (χ1) is 22.2. The van der Waals surface area contributed by atoms with Crippen LogP contribution in [0.4, 0.5) is 24.5 Å². The number of anilines is 2. The number of hydrogen-bond acceptors (Lipinski definition) is 7. The summed E-state index contributed by atoms with van der Waals surface area (Å²) in [6, 6.07) is 2.35. The zero-order chi connectivity index (χ0) is 34.6. The van der Waals surface area contributed by atoms with Gasteiger partial charge in [-0.25, -0.2) is 18.2 Å². The van der Waals surface area contributed by atoms with Crippen LogP contribution in [-0.4, -0.2) is 51.6 Å². The van der Waals surface area contributed by atoms with Gasteiger partial charge in [0.2, 0.25) is 5.91 Å². The molecule has 5 rings (SSSR count). The van der Waals surface area contributed by atoms with Crippen molar-refractivity contribution < 1.29 is 18.0 Å². The Kier molecular flexibility index (Phi) is 9.10. The van der Waals surface area contributed by atoms with E-state index in [0.29, 0.717) is 11.3 Å². The molecule has 2 aliphatic heterocycles. The Bertz CT molecular complexity index is 1980. The summed E-state index contributed by atoms with van der Waals surface area (Å²) < 4.78 is 45.7. The van der Waals surface area contributed by atoms with Crippen molar-refractivity contribution in [3.63, 3.8) is 0 Å². The van der Waals surface area contributed by atoms with Crippen LogP contribution in [0.2, 0.25) is 10.0 Å². The number of halogens is 5. The molecule has 1 fully saturated rings. The van der Waals surface area contributed by atoms with E-state index in [4.69, 9.17) is 28.9 Å². The Morgan fingerprint density at radius 3 is 2.40 bits per heavy atom. The molecule has 4 heterocycles. The summed E-state index contributed by atoms with van der Waals surface area (Å²) in [4.78, 5) is 35.3. The first-order valence-corrected chi connectivity index (χ1v) is 15.6. The largest absolute Gasteiger partial charge is 0.397 e. The number of benzene rings is 1. The quantitative estimate of drug-likeness (QED) is 0.142. The number of piperazine rings is 1. The lowest BCUT2D eigenvalue weighted by Gasteiger charge is -2.45. The standard InChI is InChI=1S/C33H32Cl2F3N7O2/c1-7-21(46)44-16(5)12-43(13-17(44)6)31-18-10-20(34)29(22-24(36)26(38)25(37)23(35)27(22)40)42-32(18)45(33(47)19(31)11-39)30-15(4)8-9-41-28(30)14(2)3/h7-10,14,16-17,28,41H,1,12-13,40H2,2-6H3/t16-,17+,28-/m1/s1. The van der Waals surface area contributed by atoms with Crippen molar-refractivity contribution in [3.8, 4) is 17.3 Å². The molecule has 1 amide bonds. The summed E-state index contributed by atoms with van der Waals surface area (Å²) >= 11 is 12.7. The minimum Gasteiger partial charge on any atom is -0.397 e. The third-order valence-electron chi connectivity index (χ3n) is 8.61. The van der Waals surface area contributed by atoms with Gasteiger partial charge in [-0.1, -0.05) is 43.6 Å². The summed E-state index contributed by atoms with van der Waals surface area (Å²) in [6.45, 7) is 13.4. The molecule has 1 aromatic carbocycles. The van der Waals surface area contributed by atoms with Gasteiger partial charge in [-0.05, 0) is 56.7 Å². The van der Waals surface area contributed by atoms with Crippen LogP contribution < -0.4 is 21.5 Å². The minimum atomic E-state index is -1.87. The highest BCUT2D eigenvalue weighted by molar-refractivity contribution is 6.36. The maximum absolute atomic E-state index is 15.4. The second kappa shape index (κ2) is 12.6. The number of carbonyl (C=O) groups is 1. The third-order valence-corrected chi connectivity index (χ3v) is 9.27. The van der Waals surface area contributed by atoms with E-state index in [1.807, 2.05) is 32.6 Å². The summed E-state index contributed by atoms with van der Waals surface area (Å²) in [5, 5.41) is 12.9. The fraction of sp³-hybridized carbons (Fsp3) is 0.333. The topological polar surface area (TPSA) is 120 Å². The number of nitriles is 1. The summed E-state index contributed by atoms with van der Waals surface area (Å²) in [5.74, 6) is -5.52. The van der Waals surface area contributed by atoms with Gasteiger partial charge >= 0.3 is 0 Å². The van der Waals surface area contributed by atoms with Crippen molar-refractivity contribution >= 4 is 57.2 Å². The molecule has 0 radical (unpaired) electrons. The number of nitrogens with one attached hydrogen (secondary N) is 1. The van der Waals surface area contributed by atoms with Crippen LogP contribution in [0, 0.1) is 34.7 Å². The number of nitrogens with zero attached hydrogens (tertiary/aromatic N) is 5. The van der Waals surface area contributed by atoms with Crippen molar-refractivity contribution in [3.05, 3.63) is 80.0 Å². The molecule has 246 valence electrons. The lowest BCUT2D eigenvalue weighted by atomic mass is 9.94. The van der Waals surface area contributed by atoms with Gasteiger partial charge in [0.05, 0.1) is 39.4 Å². The monoisotopic (exact) mass is 685 g/mol. The summed E-state index contributed by atoms with van der Waals surface area (Å²) in [6.07, 6.45) is 4.74. The molecule has 3 aromatic rings. The number of rotatable bonds is 5. The van der Waals surface area contributed by atoms with Crippen molar-refractivity contribution in [2.75, 3.05) is 23.7 Å². The Balaban J connectivity index is 1.92. The van der Waals surface area contributed by atoms with Crippen molar-refractivity contribution in [1.82, 2.24) is 19.8 Å². The number of amides is 1. The third kappa shape index (κ3) is 5.41. The van der Waals surface area contributed by atoms with Gasteiger partial charge in [-0.15, -0.1) is 0 Å². The first-order valence-electron chi connectivity index (χ1n) is 14.8. The van der Waals surface area contributed by atoms with E-state index >= 15 is 4.39 Å². The highest BCUT2D eigenvalue weighted by Gasteiger charge is 2.36. The maximum Gasteiger partial charge on any atom is 0.276 e. The number of nitrogens with two attached hydrogens (primary N) is 1. The van der Waals surface area contributed by atoms with Gasteiger partial charge in [0.1, 0.15) is 22.3 Å². The molecule has 2 aromatic heterocycles. The maximum atomic E-state index is 15.4. The lowest BCUT2D eigenvalue weighted by molar-refractivity contribution is -0.130. The minimum absolute atomic E-state index is 0.0370. The molecule has 9 nitrogen and oxygen atoms in total. The number of fused-ring (bicyclic) bond motifs is 1. The van der Waals surface area contributed by atoms with E-state index in [1.54, 1.807) is 24.1 Å². The fourth-order valence-corrected chi connectivity index (χ4v) is 6.95. The van der Waals surface area contributed by atoms with Crippen LogP contribution in [0.3, 0.4) is 0 Å². The zero-order valence-corrected chi connectivity index (χ0v) is 27.8. The average molecular weight is 687 g/mol. The van der Waals surface area contributed by atoms with E-state index < -0.39 is 45.3 Å². The van der Waals surface area contributed by atoms with Crippen molar-refractivity contribution in [2.45, 2.75) is 52.7 Å². The molecule has 3 atom stereocenters. The second-order valence-corrected chi connectivity index (χ2v) is 12.8. The molecule has 0 spiro atoms. The van der Waals surface area contributed by atoms with E-state index in [0.717, 1.165) is 0 Å². The van der Waals surface area contributed by atoms with Gasteiger partial charge < -0.3 is 20.9 Å². The molecule has 3 N–H and O–H groups in total. The van der Waals surface area contributed by atoms with Crippen LogP contribution in [0.1, 0.15) is 40.2 Å². The van der Waals surface area contributed by atoms with Gasteiger partial charge in [0.15, 0.2) is 17.5 Å². The lowest BCUT2D eigenvalue weighted by Crippen LogP contribution is -2.58. The molecule has 14 heteroatoms. The van der Waals surface area contributed by atoms with E-state index in [9.17, 15) is 23.6 Å². The zero-order valence-electron chi connectivity index (χ0n) is 26.3. The predicted molar refractivity (Wildman–Crippen MR) is 178 cm³/mol. The SMILES string of the molecule is C=CC(=O)N1[C@H](C)CN(c2c(C#N)c(=O)n(C3=C(C)C=CN[C@@H]3C(C)C)c3nc(-c4c(N)c(Cl)c(F)c(F)c4F)c(Cl)cc23)C[C@@H]1C. The number of allylic oxidation sites excluding steroid dienone is 2. The molecular formula is C33H32Cl2F3N7O2. The average Bonchev–Trinajstić information content (AvgIpc) is 3.02. The molecular weight excluding hydrogens is 654 g/mol. The summed E-state index contributed by atoms with van der Waals surface area (Å²) in [5.41, 5.74) is 4.71. The van der Waals surface area contributed by atoms with E-state index in [2.05, 4.69) is 22.9 Å². The Morgan fingerprint density at radius 2 is 1.83 bits per heavy atom. The van der Waals surface area contributed by atoms with Crippen LogP contribution in [0.15, 0.2) is 41.4 Å². The molecule has 2 aliphatic rings. The van der Waals surface area contributed by atoms with Gasteiger partial charge in [0.25, 0.3) is 5.56 Å². The number of aromatic nitrogens is 2. The highest BCUT2D eigenvalue weighted by Crippen LogP contribution is 2.43. The number of hydrogen-bond donors (Lipinski definition) is 2. The number of carbonyl (C=O) groups excluding carboxylic acids is 1. The van der Waals surface area contributed by atoms with Gasteiger partial charge in [-0.2, -0.15) is 5.26 Å². The normalized spacial score (nSPS) is 19.7. The highest BCUT2D eigenvalue weighted by atomic mass is 35.5. The number of pyridine rings is 2. The predicted octanol–water partition coefficient (Wildman–Crippen LogP) is 6.23. The smallest absolute Gasteiger partial charge is 0.276 e. The number of nitrogen functional groups attached to an aromatic ring is 1. The van der Waals surface area contributed by atoms with E-state index in [1.165, 1.54) is 16.7 Å². The van der Waals surface area contributed by atoms with Crippen molar-refractivity contribution in [1.29, 1.82) is 5.26 Å². The van der Waals surface area contributed by atoms with E-state index in [-0.39, 0.29) is 70.0 Å². The Morgan fingerprint density at radius 1 is 1.19 bits per heavy atom. The van der Waals surface area contributed by atoms with Crippen LogP contribution in [-0.2, 0) is 4.79 Å². The van der Waals surface area contributed by atoms with Gasteiger partial charge in [-0.3, -0.25) is 14.2 Å². The van der Waals surface area contributed by atoms with Crippen LogP contribution >= 0.6 is 23.2 Å². The number of dihydropyridines is 1. The van der Waals surface area contributed by atoms with Gasteiger partial charge in [0, 0.05) is 30.6 Å². The molecule has 0 unspecified atom stereocenters. The van der Waals surface area contributed by atoms with Crippen LogP contribution in [0.5, 0.6) is 0 Å². The molecule has 47 heavy (non-hydrogen) atoms. The Hall–Kier alpha value is -4.47. The molecule has 0 bridgehead atoms. The first kappa shape index (κ1) is 33.9. The van der Waals surface area contributed by atoms with Crippen molar-refractivity contribution in [2.24, 2.45) is 5.92 Å². The Labute approximate surface area is 279 Å². The molecule has 0 saturated carbocycles. The molecule has 1 saturated heterocycles.